The van der Waals surface area contributed by atoms with E-state index in [4.69, 9.17) is 4.42 Å². The molecule has 140 valence electrons. The highest BCUT2D eigenvalue weighted by molar-refractivity contribution is 5.94. The van der Waals surface area contributed by atoms with E-state index in [0.717, 1.165) is 12.3 Å². The fraction of sp³-hybridized carbons (Fsp3) is 0.312. The summed E-state index contributed by atoms with van der Waals surface area (Å²) in [5.74, 6) is -0.418. The minimum Gasteiger partial charge on any atom is -0.459 e. The molecule has 2 rings (SSSR count). The first-order chi connectivity index (χ1) is 12.4. The van der Waals surface area contributed by atoms with Gasteiger partial charge in [-0.2, -0.15) is 13.2 Å². The fourth-order valence-electron chi connectivity index (χ4n) is 1.92. The summed E-state index contributed by atoms with van der Waals surface area (Å²) in [5.41, 5.74) is -0.813. The number of anilines is 1. The number of hydrogen-bond donors (Lipinski definition) is 3. The van der Waals surface area contributed by atoms with Crippen LogP contribution in [-0.4, -0.2) is 36.4 Å². The molecule has 0 fully saturated rings. The molecule has 26 heavy (non-hydrogen) atoms. The monoisotopic (exact) mass is 370 g/mol. The van der Waals surface area contributed by atoms with E-state index in [1.807, 2.05) is 0 Å². The van der Waals surface area contributed by atoms with E-state index in [2.05, 4.69) is 20.9 Å². The fourth-order valence-corrected chi connectivity index (χ4v) is 1.92. The molecular weight excluding hydrogens is 353 g/mol. The highest BCUT2D eigenvalue weighted by Gasteiger charge is 2.30. The molecule has 0 unspecified atom stereocenters. The number of carbonyl (C=O) groups excluding carboxylic acids is 2. The Kier molecular flexibility index (Phi) is 6.59. The van der Waals surface area contributed by atoms with Gasteiger partial charge in [-0.15, -0.1) is 0 Å². The van der Waals surface area contributed by atoms with Crippen molar-refractivity contribution in [3.05, 3.63) is 48.0 Å². The lowest BCUT2D eigenvalue weighted by molar-refractivity contribution is -0.137. The summed E-state index contributed by atoms with van der Waals surface area (Å²) in [6.07, 6.45) is -1.78. The zero-order chi connectivity index (χ0) is 19.0. The number of amides is 2. The number of hydrogen-bond acceptors (Lipinski definition) is 5. The van der Waals surface area contributed by atoms with Gasteiger partial charge in [0.25, 0.3) is 5.91 Å². The zero-order valence-corrected chi connectivity index (χ0v) is 13.6. The van der Waals surface area contributed by atoms with Crippen LogP contribution in [0.15, 0.2) is 41.1 Å². The number of nitrogens with zero attached hydrogens (tertiary/aromatic N) is 1. The van der Waals surface area contributed by atoms with Gasteiger partial charge in [0.1, 0.15) is 5.82 Å². The predicted octanol–water partition coefficient (Wildman–Crippen LogP) is 2.04. The van der Waals surface area contributed by atoms with Crippen LogP contribution in [0.5, 0.6) is 0 Å². The number of rotatable bonds is 8. The van der Waals surface area contributed by atoms with Crippen LogP contribution in [0.2, 0.25) is 0 Å². The van der Waals surface area contributed by atoms with Crippen molar-refractivity contribution in [3.8, 4) is 0 Å². The first-order valence-corrected chi connectivity index (χ1v) is 7.72. The third kappa shape index (κ3) is 6.11. The Morgan fingerprint density at radius 2 is 1.92 bits per heavy atom. The number of halogens is 3. The van der Waals surface area contributed by atoms with Crippen LogP contribution in [-0.2, 0) is 11.0 Å². The van der Waals surface area contributed by atoms with Crippen LogP contribution < -0.4 is 16.0 Å². The van der Waals surface area contributed by atoms with Gasteiger partial charge >= 0.3 is 6.18 Å². The second kappa shape index (κ2) is 8.88. The number of pyridine rings is 1. The first-order valence-electron chi connectivity index (χ1n) is 7.72. The Labute approximate surface area is 147 Å². The summed E-state index contributed by atoms with van der Waals surface area (Å²) in [7, 11) is 0. The maximum Gasteiger partial charge on any atom is 0.417 e. The highest BCUT2D eigenvalue weighted by atomic mass is 19.4. The van der Waals surface area contributed by atoms with Crippen molar-refractivity contribution in [2.24, 2.45) is 0 Å². The van der Waals surface area contributed by atoms with E-state index >= 15 is 0 Å². The molecule has 0 aliphatic heterocycles. The zero-order valence-electron chi connectivity index (χ0n) is 13.6. The van der Waals surface area contributed by atoms with Crippen molar-refractivity contribution in [2.45, 2.75) is 12.6 Å². The molecule has 0 bridgehead atoms. The number of furan rings is 1. The molecule has 0 aliphatic rings. The minimum absolute atomic E-state index is 0.117. The molecule has 0 saturated heterocycles. The van der Waals surface area contributed by atoms with Gasteiger partial charge < -0.3 is 20.4 Å². The van der Waals surface area contributed by atoms with Crippen molar-refractivity contribution < 1.29 is 27.2 Å². The summed E-state index contributed by atoms with van der Waals surface area (Å²) in [5, 5.41) is 7.87. The molecule has 2 aromatic rings. The maximum atomic E-state index is 12.4. The van der Waals surface area contributed by atoms with Crippen LogP contribution in [0.3, 0.4) is 0 Å². The standard InChI is InChI=1S/C16H17F3N4O3/c17-16(18,19)11-4-5-13(22-9-11)20-6-2-7-21-14(24)10-23-15(25)12-3-1-8-26-12/h1,3-5,8-9H,2,6-7,10H2,(H,20,22)(H,21,24)(H,23,25). The van der Waals surface area contributed by atoms with Gasteiger partial charge in [0.05, 0.1) is 18.4 Å². The van der Waals surface area contributed by atoms with Gasteiger partial charge in [-0.05, 0) is 30.7 Å². The molecule has 7 nitrogen and oxygen atoms in total. The summed E-state index contributed by atoms with van der Waals surface area (Å²) in [4.78, 5) is 26.8. The van der Waals surface area contributed by atoms with Crippen LogP contribution in [0.4, 0.5) is 19.0 Å². The second-order valence-corrected chi connectivity index (χ2v) is 5.22. The SMILES string of the molecule is O=C(CNC(=O)c1ccco1)NCCCNc1ccc(C(F)(F)F)cn1. The molecule has 0 saturated carbocycles. The van der Waals surface area contributed by atoms with Gasteiger partial charge in [0.2, 0.25) is 5.91 Å². The van der Waals surface area contributed by atoms with E-state index in [1.165, 1.54) is 18.4 Å². The molecule has 2 aromatic heterocycles. The van der Waals surface area contributed by atoms with Crippen molar-refractivity contribution in [3.63, 3.8) is 0 Å². The van der Waals surface area contributed by atoms with Crippen molar-refractivity contribution >= 4 is 17.6 Å². The van der Waals surface area contributed by atoms with Crippen LogP contribution in [0, 0.1) is 0 Å². The van der Waals surface area contributed by atoms with Crippen LogP contribution in [0.25, 0.3) is 0 Å². The summed E-state index contributed by atoms with van der Waals surface area (Å²) in [6.45, 7) is 0.563. The van der Waals surface area contributed by atoms with Gasteiger partial charge in [0, 0.05) is 19.3 Å². The van der Waals surface area contributed by atoms with E-state index in [0.29, 0.717) is 25.3 Å². The molecule has 0 radical (unpaired) electrons. The lowest BCUT2D eigenvalue weighted by Crippen LogP contribution is -2.37. The molecule has 10 heteroatoms. The smallest absolute Gasteiger partial charge is 0.417 e. The normalized spacial score (nSPS) is 11.0. The molecule has 0 aliphatic carbocycles. The number of alkyl halides is 3. The van der Waals surface area contributed by atoms with E-state index < -0.39 is 17.6 Å². The maximum absolute atomic E-state index is 12.4. The molecule has 0 spiro atoms. The van der Waals surface area contributed by atoms with Gasteiger partial charge in [-0.1, -0.05) is 0 Å². The average molecular weight is 370 g/mol. The van der Waals surface area contributed by atoms with Crippen molar-refractivity contribution in [1.82, 2.24) is 15.6 Å². The first kappa shape index (κ1) is 19.3. The van der Waals surface area contributed by atoms with Crippen molar-refractivity contribution in [2.75, 3.05) is 25.0 Å². The van der Waals surface area contributed by atoms with Crippen molar-refractivity contribution in [1.29, 1.82) is 0 Å². The molecule has 3 N–H and O–H groups in total. The molecular formula is C16H17F3N4O3. The topological polar surface area (TPSA) is 96.3 Å². The lowest BCUT2D eigenvalue weighted by Gasteiger charge is -2.09. The summed E-state index contributed by atoms with van der Waals surface area (Å²) < 4.78 is 42.1. The van der Waals surface area contributed by atoms with Gasteiger partial charge in [-0.25, -0.2) is 4.98 Å². The number of carbonyl (C=O) groups is 2. The van der Waals surface area contributed by atoms with Gasteiger partial charge in [-0.3, -0.25) is 9.59 Å². The van der Waals surface area contributed by atoms with Crippen LogP contribution >= 0.6 is 0 Å². The Balaban J connectivity index is 1.58. The second-order valence-electron chi connectivity index (χ2n) is 5.22. The highest BCUT2D eigenvalue weighted by Crippen LogP contribution is 2.28. The van der Waals surface area contributed by atoms with Crippen LogP contribution in [0.1, 0.15) is 22.5 Å². The van der Waals surface area contributed by atoms with Gasteiger partial charge in [0.15, 0.2) is 5.76 Å². The third-order valence-corrected chi connectivity index (χ3v) is 3.23. The Hall–Kier alpha value is -3.04. The Morgan fingerprint density at radius 3 is 2.54 bits per heavy atom. The minimum atomic E-state index is -4.41. The Bertz CT molecular complexity index is 715. The lowest BCUT2D eigenvalue weighted by atomic mass is 10.3. The molecule has 0 atom stereocenters. The third-order valence-electron chi connectivity index (χ3n) is 3.23. The van der Waals surface area contributed by atoms with E-state index in [-0.39, 0.29) is 18.2 Å². The predicted molar refractivity (Wildman–Crippen MR) is 86.4 cm³/mol. The number of nitrogens with one attached hydrogen (secondary N) is 3. The quantitative estimate of drug-likeness (QED) is 0.618. The van der Waals surface area contributed by atoms with E-state index in [1.54, 1.807) is 6.07 Å². The molecule has 2 amide bonds. The number of aromatic nitrogens is 1. The summed E-state index contributed by atoms with van der Waals surface area (Å²) >= 11 is 0. The Morgan fingerprint density at radius 1 is 1.12 bits per heavy atom. The molecule has 2 heterocycles. The molecule has 0 aromatic carbocycles. The average Bonchev–Trinajstić information content (AvgIpc) is 3.14. The summed E-state index contributed by atoms with van der Waals surface area (Å²) in [6, 6.07) is 5.23. The van der Waals surface area contributed by atoms with E-state index in [9.17, 15) is 22.8 Å². The largest absolute Gasteiger partial charge is 0.459 e.